The smallest absolute Gasteiger partial charge is 0.263 e. The summed E-state index contributed by atoms with van der Waals surface area (Å²) < 4.78 is 48.7. The van der Waals surface area contributed by atoms with Crippen molar-refractivity contribution in [2.45, 2.75) is 11.8 Å². The lowest BCUT2D eigenvalue weighted by Gasteiger charge is -2.15. The van der Waals surface area contributed by atoms with Gasteiger partial charge < -0.3 is 25.8 Å². The van der Waals surface area contributed by atoms with Crippen LogP contribution in [0, 0.1) is 12.7 Å². The minimum absolute atomic E-state index is 0.0733. The molecule has 0 saturated carbocycles. The number of benzene rings is 4. The van der Waals surface area contributed by atoms with Crippen LogP contribution in [0.3, 0.4) is 0 Å². The molecule has 0 atom stereocenters. The molecule has 43 heavy (non-hydrogen) atoms. The number of hydrogen-bond acceptors (Lipinski definition) is 9. The minimum Gasteiger partial charge on any atom is -0.508 e. The van der Waals surface area contributed by atoms with Gasteiger partial charge in [-0.2, -0.15) is 0 Å². The van der Waals surface area contributed by atoms with Crippen molar-refractivity contribution in [2.24, 2.45) is 0 Å². The maximum atomic E-state index is 14.1. The van der Waals surface area contributed by atoms with Gasteiger partial charge in [-0.25, -0.2) is 22.8 Å². The highest BCUT2D eigenvalue weighted by Gasteiger charge is 2.20. The first kappa shape index (κ1) is 29.1. The van der Waals surface area contributed by atoms with Crippen LogP contribution in [0.25, 0.3) is 11.0 Å². The number of hydrogen-bond donors (Lipinski definition) is 5. The lowest BCUT2D eigenvalue weighted by atomic mass is 10.2. The Kier molecular flexibility index (Phi) is 8.25. The van der Waals surface area contributed by atoms with Crippen LogP contribution in [0.5, 0.6) is 11.5 Å². The average molecular weight is 603 g/mol. The Morgan fingerprint density at radius 1 is 0.907 bits per heavy atom. The first-order valence-corrected chi connectivity index (χ1v) is 14.4. The van der Waals surface area contributed by atoms with Crippen molar-refractivity contribution < 1.29 is 27.4 Å². The van der Waals surface area contributed by atoms with Crippen LogP contribution in [0.1, 0.15) is 5.56 Å². The van der Waals surface area contributed by atoms with E-state index in [0.29, 0.717) is 22.5 Å². The molecular formula is C30H27FN6O5S. The Morgan fingerprint density at radius 3 is 2.37 bits per heavy atom. The van der Waals surface area contributed by atoms with E-state index in [-0.39, 0.29) is 40.2 Å². The van der Waals surface area contributed by atoms with Crippen LogP contribution >= 0.6 is 0 Å². The molecule has 0 aliphatic carbocycles. The molecule has 0 spiro atoms. The van der Waals surface area contributed by atoms with E-state index in [1.165, 1.54) is 55.6 Å². The highest BCUT2D eigenvalue weighted by Crippen LogP contribution is 2.31. The second-order valence-corrected chi connectivity index (χ2v) is 11.2. The summed E-state index contributed by atoms with van der Waals surface area (Å²) in [6.45, 7) is 1.52. The van der Waals surface area contributed by atoms with E-state index < -0.39 is 21.7 Å². The van der Waals surface area contributed by atoms with Gasteiger partial charge >= 0.3 is 0 Å². The number of nitrogens with zero attached hydrogens (tertiary/aromatic N) is 2. The summed E-state index contributed by atoms with van der Waals surface area (Å²) in [5, 5.41) is 18.4. The van der Waals surface area contributed by atoms with Gasteiger partial charge in [0.1, 0.15) is 17.3 Å². The number of fused-ring (bicyclic) bond motifs is 1. The molecular weight excluding hydrogens is 575 g/mol. The number of aromatic nitrogens is 2. The van der Waals surface area contributed by atoms with E-state index in [2.05, 4.69) is 30.6 Å². The molecule has 0 bridgehead atoms. The number of phenols is 1. The number of amides is 1. The summed E-state index contributed by atoms with van der Waals surface area (Å²) in [6.07, 6.45) is 0. The maximum absolute atomic E-state index is 14.1. The second kappa shape index (κ2) is 12.2. The van der Waals surface area contributed by atoms with Crippen molar-refractivity contribution >= 4 is 55.7 Å². The van der Waals surface area contributed by atoms with E-state index in [1.54, 1.807) is 43.3 Å². The number of sulfonamides is 1. The number of ether oxygens (including phenoxy) is 1. The number of carbonyl (C=O) groups is 1. The number of rotatable bonds is 10. The summed E-state index contributed by atoms with van der Waals surface area (Å²) in [7, 11) is -2.77. The van der Waals surface area contributed by atoms with Gasteiger partial charge in [-0.1, -0.05) is 24.3 Å². The average Bonchev–Trinajstić information content (AvgIpc) is 2.96. The van der Waals surface area contributed by atoms with Gasteiger partial charge in [0.05, 0.1) is 35.3 Å². The number of phenolic OH excluding ortho intramolecular Hbond substituents is 1. The van der Waals surface area contributed by atoms with Crippen molar-refractivity contribution in [2.75, 3.05) is 34.3 Å². The molecule has 5 aromatic rings. The molecule has 13 heteroatoms. The molecule has 0 saturated heterocycles. The number of anilines is 5. The highest BCUT2D eigenvalue weighted by molar-refractivity contribution is 7.92. The number of carbonyl (C=O) groups excluding carboxylic acids is 1. The molecule has 1 amide bonds. The molecule has 4 aromatic carbocycles. The summed E-state index contributed by atoms with van der Waals surface area (Å²) in [4.78, 5) is 21.4. The van der Waals surface area contributed by atoms with E-state index in [4.69, 9.17) is 4.74 Å². The predicted molar refractivity (Wildman–Crippen MR) is 163 cm³/mol. The Labute approximate surface area is 246 Å². The lowest BCUT2D eigenvalue weighted by molar-refractivity contribution is -0.114. The summed E-state index contributed by atoms with van der Waals surface area (Å²) >= 11 is 0. The fourth-order valence-electron chi connectivity index (χ4n) is 4.14. The first-order valence-electron chi connectivity index (χ1n) is 12.9. The number of nitrogens with one attached hydrogen (secondary N) is 4. The quantitative estimate of drug-likeness (QED) is 0.142. The third-order valence-corrected chi connectivity index (χ3v) is 7.52. The molecule has 11 nitrogen and oxygen atoms in total. The van der Waals surface area contributed by atoms with Crippen LogP contribution in [0.15, 0.2) is 89.8 Å². The van der Waals surface area contributed by atoms with Crippen molar-refractivity contribution in [1.29, 1.82) is 0 Å². The summed E-state index contributed by atoms with van der Waals surface area (Å²) in [5.41, 5.74) is 2.46. The molecule has 0 aliphatic rings. The van der Waals surface area contributed by atoms with Crippen LogP contribution in [0.2, 0.25) is 0 Å². The Hall–Kier alpha value is -5.43. The third-order valence-electron chi connectivity index (χ3n) is 6.18. The molecule has 5 N–H and O–H groups in total. The standard InChI is InChI=1S/C30H27FN6O5S/c1-18-10-11-25(24(31)12-18)32-17-28(39)33-19-6-5-7-23(15-19)43(40,41)37-30-29(35-26-8-3-4-9-27(26)36-30)34-20-13-21(38)16-22(14-20)42-2/h3-16,32,38H,17H2,1-2H3,(H,33,39)(H,34,35)(H,36,37). The normalized spacial score (nSPS) is 11.1. The number of halogens is 1. The molecule has 5 rings (SSSR count). The van der Waals surface area contributed by atoms with Crippen LogP contribution in [0.4, 0.5) is 33.1 Å². The van der Waals surface area contributed by atoms with E-state index in [9.17, 15) is 22.7 Å². The first-order chi connectivity index (χ1) is 20.6. The van der Waals surface area contributed by atoms with Gasteiger partial charge in [-0.05, 0) is 55.0 Å². The Balaban J connectivity index is 1.37. The second-order valence-electron chi connectivity index (χ2n) is 9.47. The fourth-order valence-corrected chi connectivity index (χ4v) is 5.19. The van der Waals surface area contributed by atoms with Crippen molar-refractivity contribution in [3.63, 3.8) is 0 Å². The van der Waals surface area contributed by atoms with Crippen LogP contribution in [-0.4, -0.2) is 43.1 Å². The van der Waals surface area contributed by atoms with Crippen molar-refractivity contribution in [3.8, 4) is 11.5 Å². The van der Waals surface area contributed by atoms with Gasteiger partial charge in [0, 0.05) is 29.6 Å². The monoisotopic (exact) mass is 602 g/mol. The fraction of sp³-hybridized carbons (Fsp3) is 0.100. The summed E-state index contributed by atoms with van der Waals surface area (Å²) in [6, 6.07) is 21.6. The zero-order valence-corrected chi connectivity index (χ0v) is 23.9. The van der Waals surface area contributed by atoms with Crippen LogP contribution in [-0.2, 0) is 14.8 Å². The Bertz CT molecular complexity index is 1940. The molecule has 1 aromatic heterocycles. The molecule has 0 fully saturated rings. The largest absolute Gasteiger partial charge is 0.508 e. The molecule has 0 aliphatic heterocycles. The number of aromatic hydroxyl groups is 1. The topological polar surface area (TPSA) is 155 Å². The van der Waals surface area contributed by atoms with Crippen molar-refractivity contribution in [1.82, 2.24) is 9.97 Å². The number of para-hydroxylation sites is 2. The zero-order chi connectivity index (χ0) is 30.6. The molecule has 1 heterocycles. The van der Waals surface area contributed by atoms with Gasteiger partial charge in [0.15, 0.2) is 11.6 Å². The van der Waals surface area contributed by atoms with Gasteiger partial charge in [0.25, 0.3) is 10.0 Å². The predicted octanol–water partition coefficient (Wildman–Crippen LogP) is 5.39. The number of aryl methyl sites for hydroxylation is 1. The highest BCUT2D eigenvalue weighted by atomic mass is 32.2. The number of methoxy groups -OCH3 is 1. The summed E-state index contributed by atoms with van der Waals surface area (Å²) in [5.74, 6) is -0.711. The van der Waals surface area contributed by atoms with E-state index in [0.717, 1.165) is 5.56 Å². The third kappa shape index (κ3) is 7.08. The Morgan fingerprint density at radius 2 is 1.65 bits per heavy atom. The van der Waals surface area contributed by atoms with E-state index in [1.807, 2.05) is 0 Å². The zero-order valence-electron chi connectivity index (χ0n) is 23.1. The minimum atomic E-state index is -4.22. The molecule has 220 valence electrons. The van der Waals surface area contributed by atoms with Gasteiger partial charge in [-0.15, -0.1) is 0 Å². The molecule has 0 radical (unpaired) electrons. The van der Waals surface area contributed by atoms with E-state index >= 15 is 0 Å². The lowest BCUT2D eigenvalue weighted by Crippen LogP contribution is -2.22. The van der Waals surface area contributed by atoms with Crippen LogP contribution < -0.4 is 25.4 Å². The SMILES string of the molecule is COc1cc(O)cc(Nc2nc3ccccc3nc2NS(=O)(=O)c2cccc(NC(=O)CNc3ccc(C)cc3F)c2)c1. The van der Waals surface area contributed by atoms with Gasteiger partial charge in [-0.3, -0.25) is 9.52 Å². The van der Waals surface area contributed by atoms with Crippen molar-refractivity contribution in [3.05, 3.63) is 96.3 Å². The maximum Gasteiger partial charge on any atom is 0.263 e. The molecule has 0 unspecified atom stereocenters. The van der Waals surface area contributed by atoms with Gasteiger partial charge in [0.2, 0.25) is 5.91 Å².